The Morgan fingerprint density at radius 3 is 2.33 bits per heavy atom. The molecular weight excluding hydrogens is 387 g/mol. The van der Waals surface area contributed by atoms with Gasteiger partial charge in [-0.05, 0) is 54.3 Å². The van der Waals surface area contributed by atoms with E-state index in [1.807, 2.05) is 0 Å². The molecule has 0 radical (unpaired) electrons. The predicted octanol–water partition coefficient (Wildman–Crippen LogP) is 3.83. The largest absolute Gasteiger partial charge is 0.278 e. The van der Waals surface area contributed by atoms with Crippen LogP contribution >= 0.6 is 11.8 Å². The van der Waals surface area contributed by atoms with Gasteiger partial charge in [-0.25, -0.2) is 12.8 Å². The molecular formula is C19H23FN2O3S2. The average Bonchev–Trinajstić information content (AvgIpc) is 2.67. The fourth-order valence-corrected chi connectivity index (χ4v) is 3.96. The summed E-state index contributed by atoms with van der Waals surface area (Å²) < 4.78 is 37.3. The third-order valence-corrected chi connectivity index (χ3v) is 6.39. The molecule has 0 saturated carbocycles. The van der Waals surface area contributed by atoms with Crippen LogP contribution in [0.2, 0.25) is 0 Å². The number of rotatable bonds is 9. The maximum atomic E-state index is 12.8. The molecule has 0 aliphatic rings. The van der Waals surface area contributed by atoms with Gasteiger partial charge in [0.05, 0.1) is 4.90 Å². The van der Waals surface area contributed by atoms with Crippen LogP contribution in [-0.4, -0.2) is 20.1 Å². The molecule has 1 atom stereocenters. The highest BCUT2D eigenvalue weighted by Crippen LogP contribution is 2.20. The Morgan fingerprint density at radius 2 is 1.74 bits per heavy atom. The highest BCUT2D eigenvalue weighted by Gasteiger charge is 2.15. The standard InChI is InChI=1S/C19H23FN2O3S2/c1-3-14(2)15-4-10-18(11-5-15)27(24,25)22-21-19(23)12-13-26-17-8-6-16(20)7-9-17/h4-11,14,22H,3,12-13H2,1-2H3,(H,21,23)/t14-/m0/s1. The van der Waals surface area contributed by atoms with Crippen molar-refractivity contribution in [1.29, 1.82) is 0 Å². The van der Waals surface area contributed by atoms with Crippen LogP contribution in [-0.2, 0) is 14.8 Å². The Morgan fingerprint density at radius 1 is 1.11 bits per heavy atom. The average molecular weight is 411 g/mol. The summed E-state index contributed by atoms with van der Waals surface area (Å²) in [5, 5.41) is 0. The van der Waals surface area contributed by atoms with E-state index in [9.17, 15) is 17.6 Å². The van der Waals surface area contributed by atoms with Gasteiger partial charge in [0.2, 0.25) is 5.91 Å². The van der Waals surface area contributed by atoms with Crippen LogP contribution < -0.4 is 10.3 Å². The molecule has 1 amide bonds. The number of hydrazine groups is 1. The van der Waals surface area contributed by atoms with Gasteiger partial charge in [-0.2, -0.15) is 0 Å². The van der Waals surface area contributed by atoms with Crippen LogP contribution in [0.3, 0.4) is 0 Å². The number of halogens is 1. The molecule has 8 heteroatoms. The zero-order chi connectivity index (χ0) is 19.9. The summed E-state index contributed by atoms with van der Waals surface area (Å²) in [6, 6.07) is 12.6. The molecule has 0 aromatic heterocycles. The van der Waals surface area contributed by atoms with E-state index in [0.717, 1.165) is 16.9 Å². The fraction of sp³-hybridized carbons (Fsp3) is 0.316. The van der Waals surface area contributed by atoms with Crippen LogP contribution in [0.5, 0.6) is 0 Å². The van der Waals surface area contributed by atoms with Crippen LogP contribution in [0.25, 0.3) is 0 Å². The van der Waals surface area contributed by atoms with Gasteiger partial charge in [0.25, 0.3) is 10.0 Å². The first-order chi connectivity index (χ1) is 12.8. The zero-order valence-electron chi connectivity index (χ0n) is 15.2. The number of sulfonamides is 1. The van der Waals surface area contributed by atoms with Gasteiger partial charge in [0.1, 0.15) is 5.82 Å². The molecule has 0 bridgehead atoms. The number of nitrogens with one attached hydrogen (secondary N) is 2. The number of amides is 1. The van der Waals surface area contributed by atoms with Gasteiger partial charge < -0.3 is 0 Å². The summed E-state index contributed by atoms with van der Waals surface area (Å²) in [6.45, 7) is 4.15. The van der Waals surface area contributed by atoms with E-state index < -0.39 is 15.9 Å². The van der Waals surface area contributed by atoms with Crippen molar-refractivity contribution in [2.75, 3.05) is 5.75 Å². The second-order valence-corrected chi connectivity index (χ2v) is 8.94. The first-order valence-electron chi connectivity index (χ1n) is 8.61. The van der Waals surface area contributed by atoms with Gasteiger partial charge in [0, 0.05) is 17.1 Å². The fourth-order valence-electron chi connectivity index (χ4n) is 2.25. The van der Waals surface area contributed by atoms with Crippen molar-refractivity contribution in [3.05, 3.63) is 59.9 Å². The smallest absolute Gasteiger partial charge is 0.257 e. The molecule has 0 fully saturated rings. The van der Waals surface area contributed by atoms with Crippen LogP contribution in [0.4, 0.5) is 4.39 Å². The summed E-state index contributed by atoms with van der Waals surface area (Å²) in [6.07, 6.45) is 1.09. The Labute approximate surface area is 163 Å². The predicted molar refractivity (Wildman–Crippen MR) is 105 cm³/mol. The van der Waals surface area contributed by atoms with Gasteiger partial charge in [0.15, 0.2) is 0 Å². The van der Waals surface area contributed by atoms with Crippen LogP contribution in [0.15, 0.2) is 58.3 Å². The first-order valence-corrected chi connectivity index (χ1v) is 11.1. The first kappa shape index (κ1) is 21.4. The lowest BCUT2D eigenvalue weighted by molar-refractivity contribution is -0.121. The third kappa shape index (κ3) is 6.64. The molecule has 146 valence electrons. The number of carbonyl (C=O) groups excluding carboxylic acids is 1. The van der Waals surface area contributed by atoms with Crippen LogP contribution in [0.1, 0.15) is 38.2 Å². The molecule has 0 unspecified atom stereocenters. The number of hydrogen-bond donors (Lipinski definition) is 2. The summed E-state index contributed by atoms with van der Waals surface area (Å²) in [7, 11) is -3.82. The molecule has 0 saturated heterocycles. The second-order valence-electron chi connectivity index (χ2n) is 6.08. The Balaban J connectivity index is 1.81. The maximum absolute atomic E-state index is 12.8. The minimum Gasteiger partial charge on any atom is -0.278 e. The maximum Gasteiger partial charge on any atom is 0.257 e. The van der Waals surface area contributed by atoms with Crippen molar-refractivity contribution in [3.8, 4) is 0 Å². The summed E-state index contributed by atoms with van der Waals surface area (Å²) in [5.74, 6) is 0.0455. The lowest BCUT2D eigenvalue weighted by Crippen LogP contribution is -2.41. The van der Waals surface area contributed by atoms with E-state index in [4.69, 9.17) is 0 Å². The third-order valence-electron chi connectivity index (χ3n) is 4.11. The minimum absolute atomic E-state index is 0.0931. The number of thioether (sulfide) groups is 1. The van der Waals surface area contributed by atoms with E-state index in [2.05, 4.69) is 24.1 Å². The Hall–Kier alpha value is -1.90. The molecule has 5 nitrogen and oxygen atoms in total. The van der Waals surface area contributed by atoms with Gasteiger partial charge >= 0.3 is 0 Å². The number of carbonyl (C=O) groups is 1. The monoisotopic (exact) mass is 410 g/mol. The summed E-state index contributed by atoms with van der Waals surface area (Å²) in [4.78, 5) is 14.9. The molecule has 0 spiro atoms. The highest BCUT2D eigenvalue weighted by atomic mass is 32.2. The summed E-state index contributed by atoms with van der Waals surface area (Å²) in [5.41, 5.74) is 3.28. The molecule has 0 aliphatic carbocycles. The van der Waals surface area contributed by atoms with Gasteiger partial charge in [-0.3, -0.25) is 10.2 Å². The van der Waals surface area contributed by atoms with Crippen molar-refractivity contribution in [3.63, 3.8) is 0 Å². The highest BCUT2D eigenvalue weighted by molar-refractivity contribution is 7.99. The topological polar surface area (TPSA) is 75.3 Å². The molecule has 2 aromatic carbocycles. The molecule has 2 rings (SSSR count). The van der Waals surface area contributed by atoms with Gasteiger partial charge in [-0.1, -0.05) is 26.0 Å². The van der Waals surface area contributed by atoms with Crippen molar-refractivity contribution < 1.29 is 17.6 Å². The lowest BCUT2D eigenvalue weighted by Gasteiger charge is -2.11. The molecule has 0 heterocycles. The summed E-state index contributed by atoms with van der Waals surface area (Å²) >= 11 is 1.39. The number of hydrogen-bond acceptors (Lipinski definition) is 4. The van der Waals surface area contributed by atoms with Crippen molar-refractivity contribution in [1.82, 2.24) is 10.3 Å². The van der Waals surface area contributed by atoms with E-state index >= 15 is 0 Å². The van der Waals surface area contributed by atoms with E-state index in [-0.39, 0.29) is 17.1 Å². The molecule has 2 aromatic rings. The number of benzene rings is 2. The molecule has 2 N–H and O–H groups in total. The van der Waals surface area contributed by atoms with E-state index in [1.54, 1.807) is 24.3 Å². The minimum atomic E-state index is -3.82. The Bertz CT molecular complexity index is 854. The Kier molecular flexibility index (Phi) is 7.82. The quantitative estimate of drug-likeness (QED) is 0.487. The zero-order valence-corrected chi connectivity index (χ0v) is 16.9. The molecule has 0 aliphatic heterocycles. The van der Waals surface area contributed by atoms with Crippen LogP contribution in [0, 0.1) is 5.82 Å². The SMILES string of the molecule is CC[C@H](C)c1ccc(S(=O)(=O)NNC(=O)CCSc2ccc(F)cc2)cc1. The second kappa shape index (κ2) is 9.87. The van der Waals surface area contributed by atoms with Gasteiger partial charge in [-0.15, -0.1) is 16.6 Å². The van der Waals surface area contributed by atoms with Crippen molar-refractivity contribution >= 4 is 27.7 Å². The van der Waals surface area contributed by atoms with E-state index in [0.29, 0.717) is 11.7 Å². The van der Waals surface area contributed by atoms with Crippen molar-refractivity contribution in [2.45, 2.75) is 42.4 Å². The lowest BCUT2D eigenvalue weighted by atomic mass is 9.99. The normalized spacial score (nSPS) is 12.6. The molecule has 27 heavy (non-hydrogen) atoms. The van der Waals surface area contributed by atoms with Crippen molar-refractivity contribution in [2.24, 2.45) is 0 Å². The van der Waals surface area contributed by atoms with E-state index in [1.165, 1.54) is 36.0 Å².